The van der Waals surface area contributed by atoms with E-state index < -0.39 is 64.4 Å². The Bertz CT molecular complexity index is 1180. The van der Waals surface area contributed by atoms with Crippen LogP contribution >= 0.6 is 0 Å². The van der Waals surface area contributed by atoms with Crippen LogP contribution in [-0.4, -0.2) is 18.5 Å². The predicted molar refractivity (Wildman–Crippen MR) is 87.6 cm³/mol. The predicted octanol–water partition coefficient (Wildman–Crippen LogP) is 3.28. The Morgan fingerprint density at radius 2 is 1.52 bits per heavy atom. The van der Waals surface area contributed by atoms with E-state index in [1.807, 2.05) is 0 Å². The van der Waals surface area contributed by atoms with Crippen LogP contribution in [0.25, 0.3) is 11.0 Å². The zero-order valence-corrected chi connectivity index (χ0v) is 14.0. The van der Waals surface area contributed by atoms with Crippen LogP contribution in [0.4, 0.5) is 27.6 Å². The first-order valence-electron chi connectivity index (χ1n) is 7.72. The van der Waals surface area contributed by atoms with Crippen molar-refractivity contribution in [2.45, 2.75) is 0 Å². The number of hydrogen-bond donors (Lipinski definition) is 1. The van der Waals surface area contributed by atoms with Gasteiger partial charge in [-0.05, 0) is 12.1 Å². The third-order valence-electron chi connectivity index (χ3n) is 3.64. The van der Waals surface area contributed by atoms with E-state index in [9.17, 15) is 36.3 Å². The number of rotatable bonds is 4. The van der Waals surface area contributed by atoms with Crippen molar-refractivity contribution < 1.29 is 40.7 Å². The van der Waals surface area contributed by atoms with Crippen molar-refractivity contribution in [2.75, 3.05) is 11.9 Å². The molecule has 3 rings (SSSR count). The quantitative estimate of drug-likeness (QED) is 0.307. The van der Waals surface area contributed by atoms with E-state index in [0.717, 1.165) is 6.07 Å². The maximum absolute atomic E-state index is 13.5. The third kappa shape index (κ3) is 3.79. The van der Waals surface area contributed by atoms with E-state index in [0.29, 0.717) is 0 Å². The van der Waals surface area contributed by atoms with Gasteiger partial charge in [0.2, 0.25) is 11.6 Å². The van der Waals surface area contributed by atoms with Crippen molar-refractivity contribution in [1.29, 1.82) is 0 Å². The highest BCUT2D eigenvalue weighted by Crippen LogP contribution is 2.27. The highest BCUT2D eigenvalue weighted by atomic mass is 19.2. The van der Waals surface area contributed by atoms with Gasteiger partial charge in [0.05, 0.1) is 5.39 Å². The lowest BCUT2D eigenvalue weighted by Crippen LogP contribution is -2.23. The van der Waals surface area contributed by atoms with Gasteiger partial charge in [-0.15, -0.1) is 0 Å². The topological polar surface area (TPSA) is 85.6 Å². The maximum atomic E-state index is 13.5. The van der Waals surface area contributed by atoms with Crippen molar-refractivity contribution in [3.05, 3.63) is 75.4 Å². The molecule has 0 atom stereocenters. The summed E-state index contributed by atoms with van der Waals surface area (Å²) in [4.78, 5) is 35.5. The minimum Gasteiger partial charge on any atom is -0.450 e. The first-order chi connectivity index (χ1) is 13.7. The molecule has 0 aliphatic carbocycles. The number of ether oxygens (including phenoxy) is 1. The van der Waals surface area contributed by atoms with Crippen LogP contribution < -0.4 is 10.7 Å². The van der Waals surface area contributed by atoms with Crippen LogP contribution in [0.5, 0.6) is 0 Å². The van der Waals surface area contributed by atoms with Gasteiger partial charge in [0.1, 0.15) is 11.3 Å². The van der Waals surface area contributed by atoms with Gasteiger partial charge in [-0.1, -0.05) is 12.1 Å². The molecule has 1 N–H and O–H groups in total. The first kappa shape index (κ1) is 20.0. The molecule has 0 aliphatic rings. The molecule has 0 fully saturated rings. The number of fused-ring (bicyclic) bond motifs is 1. The monoisotopic (exact) mass is 413 g/mol. The van der Waals surface area contributed by atoms with Crippen molar-refractivity contribution in [1.82, 2.24) is 0 Å². The number of nitrogens with one attached hydrogen (secondary N) is 1. The largest absolute Gasteiger partial charge is 0.450 e. The number of carbonyl (C=O) groups is 2. The number of benzene rings is 2. The highest BCUT2D eigenvalue weighted by Gasteiger charge is 2.27. The summed E-state index contributed by atoms with van der Waals surface area (Å²) in [5.74, 6) is -14.6. The minimum atomic E-state index is -2.39. The highest BCUT2D eigenvalue weighted by molar-refractivity contribution is 5.95. The molecule has 6 nitrogen and oxygen atoms in total. The van der Waals surface area contributed by atoms with E-state index in [4.69, 9.17) is 4.42 Å². The Morgan fingerprint density at radius 1 is 0.931 bits per heavy atom. The van der Waals surface area contributed by atoms with Gasteiger partial charge >= 0.3 is 5.97 Å². The molecule has 29 heavy (non-hydrogen) atoms. The SMILES string of the molecule is O=C(COC(=O)c1cc(=O)c2ccccc2o1)Nc1c(F)c(F)c(F)c(F)c1F. The average molecular weight is 413 g/mol. The van der Waals surface area contributed by atoms with Crippen LogP contribution in [0.1, 0.15) is 10.6 Å². The van der Waals surface area contributed by atoms with Gasteiger partial charge in [0, 0.05) is 6.07 Å². The van der Waals surface area contributed by atoms with Gasteiger partial charge in [0.15, 0.2) is 35.3 Å². The molecule has 11 heteroatoms. The molecule has 0 bridgehead atoms. The van der Waals surface area contributed by atoms with Gasteiger partial charge in [0.25, 0.3) is 5.91 Å². The molecule has 1 amide bonds. The number of anilines is 1. The Labute approximate surface area is 157 Å². The molecule has 1 heterocycles. The molecule has 0 unspecified atom stereocenters. The van der Waals surface area contributed by atoms with E-state index in [-0.39, 0.29) is 11.0 Å². The molecular weight excluding hydrogens is 405 g/mol. The fourth-order valence-corrected chi connectivity index (χ4v) is 2.30. The second-order valence-electron chi connectivity index (χ2n) is 5.54. The summed E-state index contributed by atoms with van der Waals surface area (Å²) in [6.45, 7) is -1.16. The molecule has 0 saturated carbocycles. The van der Waals surface area contributed by atoms with Crippen molar-refractivity contribution >= 4 is 28.5 Å². The number of hydrogen-bond acceptors (Lipinski definition) is 5. The molecular formula is C18H8F5NO5. The Kier molecular flexibility index (Phi) is 5.31. The molecule has 1 aromatic heterocycles. The van der Waals surface area contributed by atoms with E-state index in [1.54, 1.807) is 6.07 Å². The lowest BCUT2D eigenvalue weighted by atomic mass is 10.2. The van der Waals surface area contributed by atoms with E-state index in [1.165, 1.54) is 23.5 Å². The van der Waals surface area contributed by atoms with Crippen LogP contribution in [0.15, 0.2) is 39.5 Å². The summed E-state index contributed by atoms with van der Waals surface area (Å²) >= 11 is 0. The van der Waals surface area contributed by atoms with Crippen LogP contribution in [0.3, 0.4) is 0 Å². The van der Waals surface area contributed by atoms with Gasteiger partial charge in [-0.3, -0.25) is 9.59 Å². The molecule has 0 radical (unpaired) electrons. The molecule has 0 aliphatic heterocycles. The van der Waals surface area contributed by atoms with Crippen molar-refractivity contribution in [2.24, 2.45) is 0 Å². The van der Waals surface area contributed by atoms with E-state index in [2.05, 4.69) is 4.74 Å². The molecule has 0 spiro atoms. The standard InChI is InChI=1S/C18H8F5NO5/c19-12-13(20)15(22)17(16(23)14(12)21)24-11(26)6-28-18(27)10-5-8(25)7-3-1-2-4-9(7)29-10/h1-5H,6H2,(H,24,26). The number of para-hydroxylation sites is 1. The van der Waals surface area contributed by atoms with Crippen LogP contribution in [0, 0.1) is 29.1 Å². The Morgan fingerprint density at radius 3 is 2.17 bits per heavy atom. The second kappa shape index (κ2) is 7.70. The lowest BCUT2D eigenvalue weighted by Gasteiger charge is -2.10. The fraction of sp³-hybridized carbons (Fsp3) is 0.0556. The zero-order chi connectivity index (χ0) is 21.3. The Hall–Kier alpha value is -3.76. The average Bonchev–Trinajstić information content (AvgIpc) is 2.72. The summed E-state index contributed by atoms with van der Waals surface area (Å²) in [6, 6.07) is 6.78. The van der Waals surface area contributed by atoms with Crippen LogP contribution in [-0.2, 0) is 9.53 Å². The molecule has 3 aromatic rings. The lowest BCUT2D eigenvalue weighted by molar-refractivity contribution is -0.119. The number of carbonyl (C=O) groups excluding carboxylic acids is 2. The van der Waals surface area contributed by atoms with Gasteiger partial charge in [-0.2, -0.15) is 0 Å². The Balaban J connectivity index is 1.74. The molecule has 2 aromatic carbocycles. The zero-order valence-electron chi connectivity index (χ0n) is 14.0. The van der Waals surface area contributed by atoms with Crippen LogP contribution in [0.2, 0.25) is 0 Å². The molecule has 0 saturated heterocycles. The maximum Gasteiger partial charge on any atom is 0.374 e. The summed E-state index contributed by atoms with van der Waals surface area (Å²) in [6.07, 6.45) is 0. The fourth-order valence-electron chi connectivity index (χ4n) is 2.30. The summed E-state index contributed by atoms with van der Waals surface area (Å²) in [7, 11) is 0. The summed E-state index contributed by atoms with van der Waals surface area (Å²) < 4.78 is 76.0. The summed E-state index contributed by atoms with van der Waals surface area (Å²) in [5, 5.41) is 1.62. The third-order valence-corrected chi connectivity index (χ3v) is 3.64. The number of esters is 1. The van der Waals surface area contributed by atoms with E-state index >= 15 is 0 Å². The van der Waals surface area contributed by atoms with Crippen molar-refractivity contribution in [3.8, 4) is 0 Å². The minimum absolute atomic E-state index is 0.0674. The smallest absolute Gasteiger partial charge is 0.374 e. The second-order valence-corrected chi connectivity index (χ2v) is 5.54. The number of halogens is 5. The normalized spacial score (nSPS) is 10.8. The van der Waals surface area contributed by atoms with Crippen molar-refractivity contribution in [3.63, 3.8) is 0 Å². The molecule has 150 valence electrons. The van der Waals surface area contributed by atoms with Gasteiger partial charge in [-0.25, -0.2) is 26.7 Å². The first-order valence-corrected chi connectivity index (χ1v) is 7.72. The summed E-state index contributed by atoms with van der Waals surface area (Å²) in [5.41, 5.74) is -2.10. The number of amides is 1. The van der Waals surface area contributed by atoms with Gasteiger partial charge < -0.3 is 14.5 Å².